The molecule has 6 fully saturated rings. The van der Waals surface area contributed by atoms with Crippen LogP contribution in [0.15, 0.2) is 12.2 Å². The van der Waals surface area contributed by atoms with Crippen LogP contribution in [0.1, 0.15) is 129 Å². The van der Waals surface area contributed by atoms with E-state index in [1.54, 1.807) is 5.57 Å². The second-order valence-corrected chi connectivity index (χ2v) is 14.4. The molecule has 7 atom stereocenters. The van der Waals surface area contributed by atoms with Gasteiger partial charge in [0.1, 0.15) is 0 Å². The van der Waals surface area contributed by atoms with Crippen molar-refractivity contribution in [2.45, 2.75) is 147 Å². The number of epoxide rings is 1. The molecular formula is C31H50O2. The van der Waals surface area contributed by atoms with Crippen molar-refractivity contribution < 1.29 is 9.84 Å². The fraction of sp³-hybridized carbons (Fsp3) is 0.935. The lowest BCUT2D eigenvalue weighted by Gasteiger charge is -2.58. The third-order valence-electron chi connectivity index (χ3n) is 12.3. The molecule has 2 heteroatoms. The van der Waals surface area contributed by atoms with Crippen LogP contribution >= 0.6 is 0 Å². The topological polar surface area (TPSA) is 32.8 Å². The predicted octanol–water partition coefficient (Wildman–Crippen LogP) is 7.98. The van der Waals surface area contributed by atoms with Crippen LogP contribution in [-0.4, -0.2) is 22.4 Å². The summed E-state index contributed by atoms with van der Waals surface area (Å²) in [5.74, 6) is 3.36. The Balaban J connectivity index is 1.15. The Morgan fingerprint density at radius 1 is 0.909 bits per heavy atom. The molecule has 2 nitrogen and oxygen atoms in total. The third kappa shape index (κ3) is 3.89. The molecule has 0 bridgehead atoms. The minimum Gasteiger partial charge on any atom is -0.390 e. The van der Waals surface area contributed by atoms with Crippen LogP contribution in [0.5, 0.6) is 0 Å². The fourth-order valence-corrected chi connectivity index (χ4v) is 10.2. The summed E-state index contributed by atoms with van der Waals surface area (Å²) in [7, 11) is 0. The van der Waals surface area contributed by atoms with E-state index in [-0.39, 0.29) is 11.2 Å². The van der Waals surface area contributed by atoms with E-state index in [9.17, 15) is 5.11 Å². The summed E-state index contributed by atoms with van der Waals surface area (Å²) in [6.45, 7) is 9.86. The van der Waals surface area contributed by atoms with Gasteiger partial charge in [-0.25, -0.2) is 0 Å². The van der Waals surface area contributed by atoms with Gasteiger partial charge in [0, 0.05) is 5.41 Å². The average Bonchev–Trinajstić information content (AvgIpc) is 3.16. The maximum atomic E-state index is 11.1. The lowest BCUT2D eigenvalue weighted by molar-refractivity contribution is -0.0682. The number of hydrogen-bond donors (Lipinski definition) is 1. The smallest absolute Gasteiger partial charge is 0.0930 e. The second kappa shape index (κ2) is 8.09. The zero-order valence-corrected chi connectivity index (χ0v) is 21.7. The Morgan fingerprint density at radius 2 is 1.67 bits per heavy atom. The van der Waals surface area contributed by atoms with Crippen molar-refractivity contribution in [2.24, 2.45) is 34.5 Å². The highest BCUT2D eigenvalue weighted by Crippen LogP contribution is 2.68. The third-order valence-corrected chi connectivity index (χ3v) is 12.3. The first kappa shape index (κ1) is 23.1. The number of rotatable bonds is 4. The largest absolute Gasteiger partial charge is 0.390 e. The van der Waals surface area contributed by atoms with Crippen molar-refractivity contribution >= 4 is 0 Å². The summed E-state index contributed by atoms with van der Waals surface area (Å²) >= 11 is 0. The van der Waals surface area contributed by atoms with E-state index in [0.717, 1.165) is 42.9 Å². The van der Waals surface area contributed by atoms with Gasteiger partial charge in [0.2, 0.25) is 0 Å². The Labute approximate surface area is 203 Å². The predicted molar refractivity (Wildman–Crippen MR) is 135 cm³/mol. The van der Waals surface area contributed by atoms with Gasteiger partial charge in [-0.3, -0.25) is 0 Å². The highest BCUT2D eigenvalue weighted by molar-refractivity contribution is 5.23. The summed E-state index contributed by atoms with van der Waals surface area (Å²) in [4.78, 5) is 0. The minimum atomic E-state index is -0.357. The number of fused-ring (bicyclic) bond motifs is 3. The quantitative estimate of drug-likeness (QED) is 0.345. The van der Waals surface area contributed by atoms with E-state index in [4.69, 9.17) is 11.3 Å². The van der Waals surface area contributed by atoms with Gasteiger partial charge >= 0.3 is 0 Å². The van der Waals surface area contributed by atoms with Gasteiger partial charge in [-0.05, 0) is 119 Å². The molecule has 1 spiro atoms. The summed E-state index contributed by atoms with van der Waals surface area (Å²) in [5, 5.41) is 11.1. The molecule has 1 heterocycles. The first-order valence-electron chi connectivity index (χ1n) is 14.8. The van der Waals surface area contributed by atoms with Gasteiger partial charge in [-0.1, -0.05) is 51.2 Å². The van der Waals surface area contributed by atoms with E-state index in [1.807, 2.05) is 0 Å². The normalized spacial score (nSPS) is 49.6. The molecule has 0 radical (unpaired) electrons. The summed E-state index contributed by atoms with van der Waals surface area (Å²) < 4.78 is 6.64. The minimum absolute atomic E-state index is 0.123. The second-order valence-electron chi connectivity index (χ2n) is 14.4. The van der Waals surface area contributed by atoms with Crippen molar-refractivity contribution in [2.75, 3.05) is 0 Å². The average molecular weight is 455 g/mol. The molecule has 1 aliphatic heterocycles. The van der Waals surface area contributed by atoms with E-state index in [1.165, 1.54) is 96.3 Å². The van der Waals surface area contributed by atoms with Crippen molar-refractivity contribution in [3.63, 3.8) is 0 Å². The summed E-state index contributed by atoms with van der Waals surface area (Å²) in [5.41, 5.74) is 2.25. The van der Waals surface area contributed by atoms with Crippen molar-refractivity contribution in [3.05, 3.63) is 12.2 Å². The lowest BCUT2D eigenvalue weighted by atomic mass is 9.46. The molecule has 0 aromatic heterocycles. The summed E-state index contributed by atoms with van der Waals surface area (Å²) in [6.07, 6.45) is 23.6. The van der Waals surface area contributed by atoms with Crippen LogP contribution in [0.25, 0.3) is 0 Å². The van der Waals surface area contributed by atoms with Gasteiger partial charge in [-0.15, -0.1) is 0 Å². The molecule has 0 aromatic rings. The highest BCUT2D eigenvalue weighted by Gasteiger charge is 2.66. The Kier molecular flexibility index (Phi) is 5.66. The summed E-state index contributed by atoms with van der Waals surface area (Å²) in [6, 6.07) is 0. The SMILES string of the molecule is C=C1C[C@@]2(CC[C@H](CCC3(O)CCCCC3)C2)[C@@H]2O[C@]2(C)CC[C@@H]2[C@@H]1C[C@]2(C)C1CCCC1. The zero-order valence-electron chi connectivity index (χ0n) is 21.7. The molecule has 1 N–H and O–H groups in total. The number of aliphatic hydroxyl groups is 1. The van der Waals surface area contributed by atoms with Crippen LogP contribution in [0.2, 0.25) is 0 Å². The van der Waals surface area contributed by atoms with Crippen LogP contribution in [0.3, 0.4) is 0 Å². The number of ether oxygens (including phenoxy) is 1. The Morgan fingerprint density at radius 3 is 2.42 bits per heavy atom. The molecule has 5 aliphatic carbocycles. The van der Waals surface area contributed by atoms with E-state index in [2.05, 4.69) is 13.8 Å². The molecule has 0 aromatic carbocycles. The maximum Gasteiger partial charge on any atom is 0.0930 e. The molecule has 6 rings (SSSR count). The molecule has 6 aliphatic rings. The first-order valence-corrected chi connectivity index (χ1v) is 14.8. The molecule has 0 amide bonds. The van der Waals surface area contributed by atoms with Gasteiger partial charge in [0.25, 0.3) is 0 Å². The molecule has 5 saturated carbocycles. The van der Waals surface area contributed by atoms with Gasteiger partial charge < -0.3 is 9.84 Å². The Bertz CT molecular complexity index is 761. The van der Waals surface area contributed by atoms with Crippen LogP contribution in [0, 0.1) is 34.5 Å². The van der Waals surface area contributed by atoms with E-state index >= 15 is 0 Å². The van der Waals surface area contributed by atoms with E-state index in [0.29, 0.717) is 16.9 Å². The first-order chi connectivity index (χ1) is 15.8. The van der Waals surface area contributed by atoms with Crippen molar-refractivity contribution in [1.82, 2.24) is 0 Å². The molecule has 1 saturated heterocycles. The van der Waals surface area contributed by atoms with Gasteiger partial charge in [0.15, 0.2) is 0 Å². The van der Waals surface area contributed by atoms with E-state index < -0.39 is 0 Å². The van der Waals surface area contributed by atoms with Crippen molar-refractivity contribution in [3.8, 4) is 0 Å². The lowest BCUT2D eigenvalue weighted by Crippen LogP contribution is -2.51. The zero-order chi connectivity index (χ0) is 22.9. The highest BCUT2D eigenvalue weighted by atomic mass is 16.6. The number of allylic oxidation sites excluding steroid dienone is 1. The van der Waals surface area contributed by atoms with Gasteiger partial charge in [0.05, 0.1) is 17.3 Å². The molecule has 186 valence electrons. The molecular weight excluding hydrogens is 404 g/mol. The molecule has 0 unspecified atom stereocenters. The van der Waals surface area contributed by atoms with Crippen LogP contribution in [-0.2, 0) is 4.74 Å². The standard InChI is InChI=1S/C31H50O2/c1-22-19-30(17-11-23(20-30)12-18-31(32)14-7-4-8-15-31)27-29(3,33-27)16-13-26-25(22)21-28(26,2)24-9-5-6-10-24/h23-27,32H,1,4-21H2,2-3H3/t23-,25-,26-,27-,28-,29-,30-/m1/s1. The monoisotopic (exact) mass is 454 g/mol. The molecule has 33 heavy (non-hydrogen) atoms. The number of hydrogen-bond acceptors (Lipinski definition) is 2. The van der Waals surface area contributed by atoms with Crippen molar-refractivity contribution in [1.29, 1.82) is 0 Å². The van der Waals surface area contributed by atoms with Crippen LogP contribution < -0.4 is 0 Å². The fourth-order valence-electron chi connectivity index (χ4n) is 10.2. The van der Waals surface area contributed by atoms with Gasteiger partial charge in [-0.2, -0.15) is 0 Å². The Hall–Kier alpha value is -0.340. The maximum absolute atomic E-state index is 11.1. The van der Waals surface area contributed by atoms with Crippen LogP contribution in [0.4, 0.5) is 0 Å².